The van der Waals surface area contributed by atoms with E-state index in [2.05, 4.69) is 31.7 Å². The molecule has 1 aromatic carbocycles. The molecule has 0 spiro atoms. The lowest BCUT2D eigenvalue weighted by molar-refractivity contribution is 0.249. The molecule has 0 saturated carbocycles. The van der Waals surface area contributed by atoms with Gasteiger partial charge >= 0.3 is 0 Å². The number of hydrogen-bond donors (Lipinski definition) is 0. The molecule has 4 rings (SSSR count). The van der Waals surface area contributed by atoms with Gasteiger partial charge in [-0.25, -0.2) is 19.3 Å². The van der Waals surface area contributed by atoms with Crippen molar-refractivity contribution in [3.8, 4) is 5.75 Å². The summed E-state index contributed by atoms with van der Waals surface area (Å²) in [4.78, 5) is 17.9. The molecule has 0 aliphatic carbocycles. The summed E-state index contributed by atoms with van der Waals surface area (Å²) in [7, 11) is 1.48. The SMILES string of the molecule is CCn1cnc2c(N3CCN(Cc4ccc(OC)c(F)c4)CC3)ncnc21. The molecule has 1 fully saturated rings. The summed E-state index contributed by atoms with van der Waals surface area (Å²) in [5.74, 6) is 0.855. The lowest BCUT2D eigenvalue weighted by Gasteiger charge is -2.35. The maximum Gasteiger partial charge on any atom is 0.165 e. The van der Waals surface area contributed by atoms with E-state index < -0.39 is 0 Å². The van der Waals surface area contributed by atoms with Gasteiger partial charge in [0, 0.05) is 39.3 Å². The minimum Gasteiger partial charge on any atom is -0.494 e. The molecule has 0 bridgehead atoms. The number of rotatable bonds is 5. The summed E-state index contributed by atoms with van der Waals surface area (Å²) in [5, 5.41) is 0. The van der Waals surface area contributed by atoms with Crippen molar-refractivity contribution in [2.75, 3.05) is 38.2 Å². The second kappa shape index (κ2) is 7.48. The predicted octanol–water partition coefficient (Wildman–Crippen LogP) is 2.32. The van der Waals surface area contributed by atoms with Crippen LogP contribution in [0.15, 0.2) is 30.9 Å². The highest BCUT2D eigenvalue weighted by Gasteiger charge is 2.21. The average molecular weight is 370 g/mol. The van der Waals surface area contributed by atoms with E-state index in [-0.39, 0.29) is 11.6 Å². The van der Waals surface area contributed by atoms with Gasteiger partial charge in [-0.05, 0) is 24.6 Å². The van der Waals surface area contributed by atoms with E-state index in [0.717, 1.165) is 61.8 Å². The van der Waals surface area contributed by atoms with Crippen LogP contribution in [0.3, 0.4) is 0 Å². The molecule has 1 saturated heterocycles. The molecular weight excluding hydrogens is 347 g/mol. The Morgan fingerprint density at radius 3 is 2.63 bits per heavy atom. The van der Waals surface area contributed by atoms with Gasteiger partial charge in [0.1, 0.15) is 6.33 Å². The normalized spacial score (nSPS) is 15.4. The maximum absolute atomic E-state index is 13.9. The number of imidazole rings is 1. The second-order valence-corrected chi connectivity index (χ2v) is 6.63. The molecule has 27 heavy (non-hydrogen) atoms. The first-order chi connectivity index (χ1) is 13.2. The fourth-order valence-electron chi connectivity index (χ4n) is 3.52. The first-order valence-electron chi connectivity index (χ1n) is 9.15. The van der Waals surface area contributed by atoms with Crippen molar-refractivity contribution in [1.29, 1.82) is 0 Å². The number of fused-ring (bicyclic) bond motifs is 1. The first kappa shape index (κ1) is 17.7. The van der Waals surface area contributed by atoms with E-state index in [1.165, 1.54) is 7.11 Å². The average Bonchev–Trinajstić information content (AvgIpc) is 3.12. The van der Waals surface area contributed by atoms with Crippen LogP contribution in [0.2, 0.25) is 0 Å². The number of benzene rings is 1. The van der Waals surface area contributed by atoms with E-state index in [1.807, 2.05) is 17.0 Å². The highest BCUT2D eigenvalue weighted by Crippen LogP contribution is 2.23. The minimum atomic E-state index is -0.316. The number of piperazine rings is 1. The van der Waals surface area contributed by atoms with Gasteiger partial charge in [0.05, 0.1) is 13.4 Å². The van der Waals surface area contributed by atoms with Crippen LogP contribution in [0.5, 0.6) is 5.75 Å². The second-order valence-electron chi connectivity index (χ2n) is 6.63. The van der Waals surface area contributed by atoms with E-state index in [0.29, 0.717) is 0 Å². The molecule has 3 heterocycles. The Labute approximate surface area is 157 Å². The third-order valence-corrected chi connectivity index (χ3v) is 5.02. The number of aromatic nitrogens is 4. The van der Waals surface area contributed by atoms with Gasteiger partial charge in [0.25, 0.3) is 0 Å². The zero-order valence-electron chi connectivity index (χ0n) is 15.6. The number of anilines is 1. The van der Waals surface area contributed by atoms with Crippen LogP contribution in [-0.4, -0.2) is 57.7 Å². The number of halogens is 1. The van der Waals surface area contributed by atoms with Crippen LogP contribution in [-0.2, 0) is 13.1 Å². The lowest BCUT2D eigenvalue weighted by Crippen LogP contribution is -2.46. The van der Waals surface area contributed by atoms with E-state index in [1.54, 1.807) is 18.5 Å². The summed E-state index contributed by atoms with van der Waals surface area (Å²) in [6.07, 6.45) is 3.43. The molecule has 7 nitrogen and oxygen atoms in total. The summed E-state index contributed by atoms with van der Waals surface area (Å²) in [6.45, 7) is 7.09. The molecule has 0 amide bonds. The number of nitrogens with zero attached hydrogens (tertiary/aromatic N) is 6. The molecule has 2 aromatic heterocycles. The molecule has 0 atom stereocenters. The summed E-state index contributed by atoms with van der Waals surface area (Å²) in [5.41, 5.74) is 2.68. The van der Waals surface area contributed by atoms with Crippen molar-refractivity contribution >= 4 is 17.0 Å². The quantitative estimate of drug-likeness (QED) is 0.687. The highest BCUT2D eigenvalue weighted by atomic mass is 19.1. The van der Waals surface area contributed by atoms with Crippen LogP contribution in [0.4, 0.5) is 10.2 Å². The number of hydrogen-bond acceptors (Lipinski definition) is 6. The number of ether oxygens (including phenoxy) is 1. The molecule has 8 heteroatoms. The number of aryl methyl sites for hydroxylation is 1. The van der Waals surface area contributed by atoms with Crippen LogP contribution < -0.4 is 9.64 Å². The first-order valence-corrected chi connectivity index (χ1v) is 9.15. The fraction of sp³-hybridized carbons (Fsp3) is 0.421. The summed E-state index contributed by atoms with van der Waals surface area (Å²) >= 11 is 0. The van der Waals surface area contributed by atoms with Crippen LogP contribution >= 0.6 is 0 Å². The van der Waals surface area contributed by atoms with E-state index in [9.17, 15) is 4.39 Å². The van der Waals surface area contributed by atoms with Gasteiger partial charge in [0.15, 0.2) is 28.5 Å². The zero-order valence-corrected chi connectivity index (χ0v) is 15.6. The van der Waals surface area contributed by atoms with Crippen molar-refractivity contribution < 1.29 is 9.13 Å². The predicted molar refractivity (Wildman–Crippen MR) is 101 cm³/mol. The van der Waals surface area contributed by atoms with Crippen molar-refractivity contribution in [2.24, 2.45) is 0 Å². The standard InChI is InChI=1S/C19H23FN6O/c1-3-25-13-23-17-18(25)21-12-22-19(17)26-8-6-24(7-9-26)11-14-4-5-16(27-2)15(20)10-14/h4-5,10,12-13H,3,6-9,11H2,1-2H3. The minimum absolute atomic E-state index is 0.280. The lowest BCUT2D eigenvalue weighted by atomic mass is 10.2. The molecular formula is C19H23FN6O. The van der Waals surface area contributed by atoms with Gasteiger partial charge in [-0.1, -0.05) is 6.07 Å². The maximum atomic E-state index is 13.9. The summed E-state index contributed by atoms with van der Waals surface area (Å²) in [6, 6.07) is 5.15. The Hall–Kier alpha value is -2.74. The van der Waals surface area contributed by atoms with Crippen LogP contribution in [0, 0.1) is 5.82 Å². The van der Waals surface area contributed by atoms with Gasteiger partial charge < -0.3 is 14.2 Å². The molecule has 1 aliphatic heterocycles. The third-order valence-electron chi connectivity index (χ3n) is 5.02. The van der Waals surface area contributed by atoms with Crippen LogP contribution in [0.1, 0.15) is 12.5 Å². The summed E-state index contributed by atoms with van der Waals surface area (Å²) < 4.78 is 20.9. The molecule has 1 aliphatic rings. The van der Waals surface area contributed by atoms with Gasteiger partial charge in [-0.3, -0.25) is 4.90 Å². The van der Waals surface area contributed by atoms with Crippen LogP contribution in [0.25, 0.3) is 11.2 Å². The van der Waals surface area contributed by atoms with Crippen molar-refractivity contribution in [3.63, 3.8) is 0 Å². The smallest absolute Gasteiger partial charge is 0.165 e. The Morgan fingerprint density at radius 1 is 1.11 bits per heavy atom. The Morgan fingerprint density at radius 2 is 1.93 bits per heavy atom. The zero-order chi connectivity index (χ0) is 18.8. The topological polar surface area (TPSA) is 59.3 Å². The van der Waals surface area contributed by atoms with Gasteiger partial charge in [-0.15, -0.1) is 0 Å². The Balaban J connectivity index is 1.43. The monoisotopic (exact) mass is 370 g/mol. The molecule has 0 unspecified atom stereocenters. The van der Waals surface area contributed by atoms with Gasteiger partial charge in [0.2, 0.25) is 0 Å². The Bertz CT molecular complexity index is 935. The fourth-order valence-corrected chi connectivity index (χ4v) is 3.52. The molecule has 0 radical (unpaired) electrons. The largest absolute Gasteiger partial charge is 0.494 e. The van der Waals surface area contributed by atoms with Crippen molar-refractivity contribution in [2.45, 2.75) is 20.0 Å². The number of methoxy groups -OCH3 is 1. The third kappa shape index (κ3) is 3.44. The molecule has 0 N–H and O–H groups in total. The molecule has 3 aromatic rings. The van der Waals surface area contributed by atoms with Gasteiger partial charge in [-0.2, -0.15) is 0 Å². The van der Waals surface area contributed by atoms with Crippen molar-refractivity contribution in [3.05, 3.63) is 42.2 Å². The van der Waals surface area contributed by atoms with Crippen molar-refractivity contribution in [1.82, 2.24) is 24.4 Å². The van der Waals surface area contributed by atoms with E-state index >= 15 is 0 Å². The highest BCUT2D eigenvalue weighted by molar-refractivity contribution is 5.83. The van der Waals surface area contributed by atoms with E-state index in [4.69, 9.17) is 4.74 Å². The molecule has 142 valence electrons. The Kier molecular flexibility index (Phi) is 4.89.